The van der Waals surface area contributed by atoms with Crippen molar-refractivity contribution in [3.63, 3.8) is 0 Å². The number of anilines is 2. The fourth-order valence-corrected chi connectivity index (χ4v) is 2.58. The number of halogens is 4. The first-order chi connectivity index (χ1) is 9.90. The zero-order chi connectivity index (χ0) is 15.3. The monoisotopic (exact) mass is 293 g/mol. The number of benzene rings is 2. The maximum Gasteiger partial charge on any atom is 0.196 e. The van der Waals surface area contributed by atoms with Crippen LogP contribution in [0.25, 0.3) is 0 Å². The molecule has 3 rings (SSSR count). The molecule has 0 radical (unpaired) electrons. The van der Waals surface area contributed by atoms with E-state index in [0.29, 0.717) is 23.9 Å². The third-order valence-electron chi connectivity index (χ3n) is 3.50. The number of aryl methyl sites for hydroxylation is 1. The first-order valence-electron chi connectivity index (χ1n) is 6.30. The number of hydrogen-bond acceptors (Lipinski definition) is 1. The molecule has 0 fully saturated rings. The average molecular weight is 293 g/mol. The minimum absolute atomic E-state index is 0.340. The fraction of sp³-hybridized carbons (Fsp3) is 0.125. The molecule has 0 saturated heterocycles. The van der Waals surface area contributed by atoms with E-state index in [1.807, 2.05) is 13.0 Å². The second kappa shape index (κ2) is 4.62. The Kier molecular flexibility index (Phi) is 3.01. The van der Waals surface area contributed by atoms with Crippen LogP contribution in [-0.2, 0) is 6.42 Å². The van der Waals surface area contributed by atoms with Crippen LogP contribution in [0.3, 0.4) is 0 Å². The van der Waals surface area contributed by atoms with Crippen LogP contribution in [0.5, 0.6) is 0 Å². The molecule has 1 heterocycles. The van der Waals surface area contributed by atoms with Gasteiger partial charge in [-0.15, -0.1) is 0 Å². The summed E-state index contributed by atoms with van der Waals surface area (Å²) in [7, 11) is 0. The molecule has 0 atom stereocenters. The summed E-state index contributed by atoms with van der Waals surface area (Å²) in [6.45, 7) is 5.66. The topological polar surface area (TPSA) is 3.24 Å². The highest BCUT2D eigenvalue weighted by atomic mass is 19.2. The van der Waals surface area contributed by atoms with Gasteiger partial charge >= 0.3 is 0 Å². The van der Waals surface area contributed by atoms with Gasteiger partial charge in [0.25, 0.3) is 0 Å². The molecule has 0 unspecified atom stereocenters. The molecule has 2 aromatic carbocycles. The molecule has 0 bridgehead atoms. The number of fused-ring (bicyclic) bond motifs is 1. The minimum atomic E-state index is -1.69. The Morgan fingerprint density at radius 3 is 2.43 bits per heavy atom. The van der Waals surface area contributed by atoms with Crippen LogP contribution >= 0.6 is 0 Å². The molecule has 0 spiro atoms. The molecule has 0 N–H and O–H groups in total. The molecule has 2 aromatic rings. The molecule has 108 valence electrons. The smallest absolute Gasteiger partial charge is 0.196 e. The first kappa shape index (κ1) is 13.7. The Balaban J connectivity index is 2.23. The lowest BCUT2D eigenvalue weighted by atomic mass is 10.1. The molecule has 0 aromatic heterocycles. The molecule has 1 nitrogen and oxygen atoms in total. The van der Waals surface area contributed by atoms with Gasteiger partial charge in [-0.3, -0.25) is 0 Å². The van der Waals surface area contributed by atoms with E-state index in [0.717, 1.165) is 11.1 Å². The lowest BCUT2D eigenvalue weighted by Crippen LogP contribution is -2.16. The summed E-state index contributed by atoms with van der Waals surface area (Å²) in [6.07, 6.45) is 0.398. The number of hydrogen-bond donors (Lipinski definition) is 0. The molecule has 1 aliphatic rings. The number of allylic oxidation sites excluding steroid dienone is 1. The predicted molar refractivity (Wildman–Crippen MR) is 72.4 cm³/mol. The highest BCUT2D eigenvalue weighted by Gasteiger charge is 2.31. The maximum absolute atomic E-state index is 14.0. The third-order valence-corrected chi connectivity index (χ3v) is 3.50. The van der Waals surface area contributed by atoms with Crippen molar-refractivity contribution in [1.82, 2.24) is 0 Å². The van der Waals surface area contributed by atoms with Gasteiger partial charge in [0, 0.05) is 23.9 Å². The molecule has 1 aliphatic heterocycles. The maximum atomic E-state index is 14.0. The molecular weight excluding hydrogens is 282 g/mol. The highest BCUT2D eigenvalue weighted by molar-refractivity contribution is 5.76. The third kappa shape index (κ3) is 2.00. The van der Waals surface area contributed by atoms with E-state index in [1.54, 1.807) is 12.1 Å². The second-order valence-corrected chi connectivity index (χ2v) is 5.03. The van der Waals surface area contributed by atoms with E-state index in [2.05, 4.69) is 6.58 Å². The minimum Gasteiger partial charge on any atom is -0.309 e. The Morgan fingerprint density at radius 1 is 1.00 bits per heavy atom. The van der Waals surface area contributed by atoms with Gasteiger partial charge in [0.2, 0.25) is 0 Å². The van der Waals surface area contributed by atoms with E-state index >= 15 is 0 Å². The first-order valence-corrected chi connectivity index (χ1v) is 6.30. The molecule has 0 saturated carbocycles. The summed E-state index contributed by atoms with van der Waals surface area (Å²) in [4.78, 5) is 1.20. The Morgan fingerprint density at radius 2 is 1.71 bits per heavy atom. The van der Waals surface area contributed by atoms with Crippen molar-refractivity contribution >= 4 is 11.4 Å². The number of nitrogens with zero attached hydrogens (tertiary/aromatic N) is 1. The van der Waals surface area contributed by atoms with Crippen LogP contribution in [0.15, 0.2) is 36.5 Å². The summed E-state index contributed by atoms with van der Waals surface area (Å²) in [5.74, 6) is -5.97. The fourth-order valence-electron chi connectivity index (χ4n) is 2.58. The summed E-state index contributed by atoms with van der Waals surface area (Å²) < 4.78 is 54.4. The second-order valence-electron chi connectivity index (χ2n) is 5.03. The van der Waals surface area contributed by atoms with E-state index in [-0.39, 0.29) is 0 Å². The number of rotatable bonds is 1. The van der Waals surface area contributed by atoms with Crippen molar-refractivity contribution in [2.45, 2.75) is 13.3 Å². The van der Waals surface area contributed by atoms with Crippen molar-refractivity contribution in [1.29, 1.82) is 0 Å². The molecule has 5 heteroatoms. The van der Waals surface area contributed by atoms with Crippen molar-refractivity contribution in [3.8, 4) is 0 Å². The van der Waals surface area contributed by atoms with Crippen LogP contribution in [0.1, 0.15) is 11.1 Å². The normalized spacial score (nSPS) is 13.8. The van der Waals surface area contributed by atoms with Gasteiger partial charge in [-0.05, 0) is 18.6 Å². The zero-order valence-corrected chi connectivity index (χ0v) is 11.2. The molecule has 0 amide bonds. The van der Waals surface area contributed by atoms with Gasteiger partial charge in [-0.2, -0.15) is 0 Å². The lowest BCUT2D eigenvalue weighted by molar-refractivity contribution is 0.436. The van der Waals surface area contributed by atoms with Crippen LogP contribution in [0.4, 0.5) is 28.9 Å². The van der Waals surface area contributed by atoms with E-state index in [9.17, 15) is 17.6 Å². The van der Waals surface area contributed by atoms with Gasteiger partial charge < -0.3 is 4.90 Å². The van der Waals surface area contributed by atoms with Crippen molar-refractivity contribution in [2.75, 3.05) is 4.90 Å². The molecular formula is C16H11F4N. The largest absolute Gasteiger partial charge is 0.309 e. The lowest BCUT2D eigenvalue weighted by Gasteiger charge is -2.22. The summed E-state index contributed by atoms with van der Waals surface area (Å²) in [5, 5.41) is 0. The van der Waals surface area contributed by atoms with Gasteiger partial charge in [-0.25, -0.2) is 17.6 Å². The SMILES string of the molecule is C=C1Cc2cc(C)ccc2N1c1c(F)cc(F)c(F)c1F. The van der Waals surface area contributed by atoms with Crippen LogP contribution < -0.4 is 4.90 Å². The van der Waals surface area contributed by atoms with Crippen molar-refractivity contribution < 1.29 is 17.6 Å². The van der Waals surface area contributed by atoms with Gasteiger partial charge in [0.1, 0.15) is 5.69 Å². The van der Waals surface area contributed by atoms with E-state index in [1.165, 1.54) is 4.90 Å². The standard InChI is InChI=1S/C16H11F4N/c1-8-3-4-13-10(5-8)6-9(2)21(13)16-12(18)7-11(17)14(19)15(16)20/h3-5,7H,2,6H2,1H3. The molecule has 0 aliphatic carbocycles. The summed E-state index contributed by atoms with van der Waals surface area (Å²) in [6, 6.07) is 5.67. The van der Waals surface area contributed by atoms with E-state index < -0.39 is 29.0 Å². The highest BCUT2D eigenvalue weighted by Crippen LogP contribution is 2.43. The Labute approximate surface area is 119 Å². The summed E-state index contributed by atoms with van der Waals surface area (Å²) in [5.41, 5.74) is 2.12. The quantitative estimate of drug-likeness (QED) is 0.416. The predicted octanol–water partition coefficient (Wildman–Crippen LogP) is 4.76. The van der Waals surface area contributed by atoms with Gasteiger partial charge in [0.15, 0.2) is 23.3 Å². The van der Waals surface area contributed by atoms with Crippen LogP contribution in [0, 0.1) is 30.2 Å². The average Bonchev–Trinajstić information content (AvgIpc) is 2.72. The molecule has 21 heavy (non-hydrogen) atoms. The van der Waals surface area contributed by atoms with E-state index in [4.69, 9.17) is 0 Å². The Hall–Kier alpha value is -2.30. The Bertz CT molecular complexity index is 767. The van der Waals surface area contributed by atoms with Crippen molar-refractivity contribution in [2.24, 2.45) is 0 Å². The zero-order valence-electron chi connectivity index (χ0n) is 11.2. The van der Waals surface area contributed by atoms with Crippen molar-refractivity contribution in [3.05, 3.63) is 70.9 Å². The van der Waals surface area contributed by atoms with Crippen LogP contribution in [0.2, 0.25) is 0 Å². The van der Waals surface area contributed by atoms with Gasteiger partial charge in [-0.1, -0.05) is 24.3 Å². The summed E-state index contributed by atoms with van der Waals surface area (Å²) >= 11 is 0. The van der Waals surface area contributed by atoms with Crippen LogP contribution in [-0.4, -0.2) is 0 Å². The van der Waals surface area contributed by atoms with Gasteiger partial charge in [0.05, 0.1) is 0 Å².